The van der Waals surface area contributed by atoms with E-state index >= 15 is 0 Å². The van der Waals surface area contributed by atoms with Crippen LogP contribution in [0.2, 0.25) is 0 Å². The Labute approximate surface area is 85.2 Å². The van der Waals surface area contributed by atoms with E-state index in [1.54, 1.807) is 0 Å². The summed E-state index contributed by atoms with van der Waals surface area (Å²) in [5.41, 5.74) is 1.29. The Morgan fingerprint density at radius 2 is 2.29 bits per heavy atom. The number of hydrogen-bond donors (Lipinski definition) is 1. The second-order valence-electron chi connectivity index (χ2n) is 3.99. The molecule has 3 heteroatoms. The van der Waals surface area contributed by atoms with Crippen LogP contribution in [0.1, 0.15) is 25.7 Å². The van der Waals surface area contributed by atoms with E-state index in [1.165, 1.54) is 25.0 Å². The van der Waals surface area contributed by atoms with E-state index < -0.39 is 0 Å². The van der Waals surface area contributed by atoms with Crippen molar-refractivity contribution in [3.63, 3.8) is 0 Å². The van der Waals surface area contributed by atoms with Crippen molar-refractivity contribution in [2.45, 2.75) is 25.7 Å². The van der Waals surface area contributed by atoms with Gasteiger partial charge in [-0.2, -0.15) is 0 Å². The predicted molar refractivity (Wildman–Crippen MR) is 57.4 cm³/mol. The maximum absolute atomic E-state index is 5.34. The molecule has 0 saturated carbocycles. The summed E-state index contributed by atoms with van der Waals surface area (Å²) in [6.45, 7) is 2.84. The molecule has 0 radical (unpaired) electrons. The lowest BCUT2D eigenvalue weighted by atomic mass is 9.93. The van der Waals surface area contributed by atoms with Crippen molar-refractivity contribution in [1.82, 2.24) is 5.32 Å². The maximum Gasteiger partial charge on any atom is 0.0529 e. The van der Waals surface area contributed by atoms with Gasteiger partial charge in [0, 0.05) is 31.3 Å². The van der Waals surface area contributed by atoms with Gasteiger partial charge in [0.05, 0.1) is 6.54 Å². The van der Waals surface area contributed by atoms with Crippen molar-refractivity contribution in [1.29, 1.82) is 0 Å². The third kappa shape index (κ3) is 2.84. The Balaban J connectivity index is 1.70. The van der Waals surface area contributed by atoms with Crippen LogP contribution < -0.4 is 5.32 Å². The fourth-order valence-electron chi connectivity index (χ4n) is 1.98. The highest BCUT2D eigenvalue weighted by molar-refractivity contribution is 5.87. The third-order valence-corrected chi connectivity index (χ3v) is 2.94. The molecular weight excluding hydrogens is 176 g/mol. The molecule has 0 atom stereocenters. The van der Waals surface area contributed by atoms with Gasteiger partial charge >= 0.3 is 0 Å². The van der Waals surface area contributed by atoms with Crippen molar-refractivity contribution < 1.29 is 4.74 Å². The van der Waals surface area contributed by atoms with Crippen LogP contribution in [0, 0.1) is 5.92 Å². The van der Waals surface area contributed by atoms with Crippen molar-refractivity contribution >= 4 is 5.71 Å². The zero-order valence-electron chi connectivity index (χ0n) is 8.54. The van der Waals surface area contributed by atoms with Gasteiger partial charge in [0.15, 0.2) is 0 Å². The average molecular weight is 194 g/mol. The number of aliphatic imine (C=N–C) groups is 1. The van der Waals surface area contributed by atoms with Gasteiger partial charge < -0.3 is 10.1 Å². The lowest BCUT2D eigenvalue weighted by Gasteiger charge is -2.22. The van der Waals surface area contributed by atoms with E-state index in [0.29, 0.717) is 0 Å². The van der Waals surface area contributed by atoms with Gasteiger partial charge in [0.2, 0.25) is 0 Å². The van der Waals surface area contributed by atoms with Crippen molar-refractivity contribution in [2.24, 2.45) is 10.9 Å². The molecule has 2 heterocycles. The first-order chi connectivity index (χ1) is 6.95. The van der Waals surface area contributed by atoms with Gasteiger partial charge in [-0.15, -0.1) is 0 Å². The molecule has 2 aliphatic rings. The van der Waals surface area contributed by atoms with Gasteiger partial charge in [-0.3, -0.25) is 4.99 Å². The van der Waals surface area contributed by atoms with E-state index in [4.69, 9.17) is 4.74 Å². The molecule has 1 fully saturated rings. The van der Waals surface area contributed by atoms with Crippen LogP contribution in [0.4, 0.5) is 0 Å². The number of rotatable bonds is 3. The summed E-state index contributed by atoms with van der Waals surface area (Å²) in [4.78, 5) is 4.36. The summed E-state index contributed by atoms with van der Waals surface area (Å²) >= 11 is 0. The lowest BCUT2D eigenvalue weighted by molar-refractivity contribution is 0.0645. The minimum atomic E-state index is 0.859. The molecule has 14 heavy (non-hydrogen) atoms. The Bertz CT molecular complexity index is 229. The molecule has 78 valence electrons. The number of hydrogen-bond acceptors (Lipinski definition) is 3. The highest BCUT2D eigenvalue weighted by Crippen LogP contribution is 2.20. The van der Waals surface area contributed by atoms with Crippen LogP contribution in [0.5, 0.6) is 0 Å². The normalized spacial score (nSPS) is 23.0. The quantitative estimate of drug-likeness (QED) is 0.742. The van der Waals surface area contributed by atoms with Gasteiger partial charge in [-0.25, -0.2) is 0 Å². The van der Waals surface area contributed by atoms with Gasteiger partial charge in [0.1, 0.15) is 0 Å². The molecule has 0 bridgehead atoms. The lowest BCUT2D eigenvalue weighted by Crippen LogP contribution is -2.22. The minimum Gasteiger partial charge on any atom is -0.384 e. The Morgan fingerprint density at radius 3 is 3.00 bits per heavy atom. The topological polar surface area (TPSA) is 33.6 Å². The SMILES string of the molecule is C1=CNCC(CCC2CCOCC2)=N1. The van der Waals surface area contributed by atoms with Gasteiger partial charge in [0.25, 0.3) is 0 Å². The van der Waals surface area contributed by atoms with Crippen molar-refractivity contribution in [2.75, 3.05) is 19.8 Å². The van der Waals surface area contributed by atoms with Crippen LogP contribution in [0.15, 0.2) is 17.4 Å². The summed E-state index contributed by atoms with van der Waals surface area (Å²) in [7, 11) is 0. The van der Waals surface area contributed by atoms with E-state index in [0.717, 1.165) is 32.1 Å². The molecule has 2 rings (SSSR count). The largest absolute Gasteiger partial charge is 0.384 e. The summed E-state index contributed by atoms with van der Waals surface area (Å²) < 4.78 is 5.34. The first kappa shape index (κ1) is 9.71. The second-order valence-corrected chi connectivity index (χ2v) is 3.99. The fourth-order valence-corrected chi connectivity index (χ4v) is 1.98. The molecule has 0 spiro atoms. The molecule has 0 unspecified atom stereocenters. The molecule has 3 nitrogen and oxygen atoms in total. The second kappa shape index (κ2) is 5.15. The standard InChI is InChI=1S/C11H18N2O/c1(10-3-7-14-8-4-10)2-11-9-12-5-6-13-11/h5-6,10,12H,1-4,7-9H2. The molecule has 0 amide bonds. The van der Waals surface area contributed by atoms with Crippen molar-refractivity contribution in [3.8, 4) is 0 Å². The summed E-state index contributed by atoms with van der Waals surface area (Å²) in [6.07, 6.45) is 8.63. The van der Waals surface area contributed by atoms with E-state index in [9.17, 15) is 0 Å². The number of nitrogens with one attached hydrogen (secondary N) is 1. The Kier molecular flexibility index (Phi) is 3.57. The van der Waals surface area contributed by atoms with Gasteiger partial charge in [-0.05, 0) is 31.6 Å². The minimum absolute atomic E-state index is 0.859. The third-order valence-electron chi connectivity index (χ3n) is 2.94. The van der Waals surface area contributed by atoms with Crippen LogP contribution in [0.25, 0.3) is 0 Å². The fraction of sp³-hybridized carbons (Fsp3) is 0.727. The van der Waals surface area contributed by atoms with Crippen LogP contribution in [-0.4, -0.2) is 25.5 Å². The average Bonchev–Trinajstić information content (AvgIpc) is 2.29. The molecule has 0 aromatic rings. The smallest absolute Gasteiger partial charge is 0.0529 e. The van der Waals surface area contributed by atoms with Crippen LogP contribution in [0.3, 0.4) is 0 Å². The first-order valence-corrected chi connectivity index (χ1v) is 5.47. The number of nitrogens with zero attached hydrogens (tertiary/aromatic N) is 1. The zero-order valence-corrected chi connectivity index (χ0v) is 8.54. The van der Waals surface area contributed by atoms with E-state index in [2.05, 4.69) is 10.3 Å². The molecule has 0 aromatic carbocycles. The molecule has 2 aliphatic heterocycles. The predicted octanol–water partition coefficient (Wildman–Crippen LogP) is 1.71. The monoisotopic (exact) mass is 194 g/mol. The summed E-state index contributed by atoms with van der Waals surface area (Å²) in [6, 6.07) is 0. The highest BCUT2D eigenvalue weighted by atomic mass is 16.5. The molecule has 0 aromatic heterocycles. The van der Waals surface area contributed by atoms with Crippen molar-refractivity contribution in [3.05, 3.63) is 12.4 Å². The molecule has 0 aliphatic carbocycles. The maximum atomic E-state index is 5.34. The highest BCUT2D eigenvalue weighted by Gasteiger charge is 2.14. The van der Waals surface area contributed by atoms with E-state index in [1.807, 2.05) is 12.4 Å². The summed E-state index contributed by atoms with van der Waals surface area (Å²) in [5, 5.41) is 3.19. The summed E-state index contributed by atoms with van der Waals surface area (Å²) in [5.74, 6) is 0.859. The van der Waals surface area contributed by atoms with Crippen LogP contribution in [-0.2, 0) is 4.74 Å². The molecule has 1 saturated heterocycles. The molecule has 1 N–H and O–H groups in total. The van der Waals surface area contributed by atoms with Crippen LogP contribution >= 0.6 is 0 Å². The number of ether oxygens (including phenoxy) is 1. The Morgan fingerprint density at radius 1 is 1.43 bits per heavy atom. The van der Waals surface area contributed by atoms with Gasteiger partial charge in [-0.1, -0.05) is 0 Å². The molecular formula is C11H18N2O. The zero-order chi connectivity index (χ0) is 9.64. The Hall–Kier alpha value is -0.830. The van der Waals surface area contributed by atoms with E-state index in [-0.39, 0.29) is 0 Å². The first-order valence-electron chi connectivity index (χ1n) is 5.47.